The largest absolute Gasteiger partial charge is 0.444 e. The molecule has 1 saturated heterocycles. The lowest BCUT2D eigenvalue weighted by molar-refractivity contribution is 0.0500. The Hall–Kier alpha value is -3.00. The average molecular weight is 459 g/mol. The highest BCUT2D eigenvalue weighted by molar-refractivity contribution is 6.29. The van der Waals surface area contributed by atoms with Crippen molar-refractivity contribution in [3.05, 3.63) is 41.2 Å². The highest BCUT2D eigenvalue weighted by Gasteiger charge is 2.26. The summed E-state index contributed by atoms with van der Waals surface area (Å²) in [6.45, 7) is 7.23. The fourth-order valence-corrected chi connectivity index (χ4v) is 4.14. The van der Waals surface area contributed by atoms with Crippen molar-refractivity contribution in [2.24, 2.45) is 0 Å². The number of carbonyl (C=O) groups excluding carboxylic acids is 2. The van der Waals surface area contributed by atoms with Crippen molar-refractivity contribution in [1.82, 2.24) is 10.3 Å². The second-order valence-electron chi connectivity index (χ2n) is 9.03. The summed E-state index contributed by atoms with van der Waals surface area (Å²) >= 11 is 6.25. The summed E-state index contributed by atoms with van der Waals surface area (Å²) in [4.78, 5) is 30.2. The Balaban J connectivity index is 1.57. The predicted molar refractivity (Wildman–Crippen MR) is 123 cm³/mol. The average Bonchev–Trinajstić information content (AvgIpc) is 2.72. The summed E-state index contributed by atoms with van der Waals surface area (Å²) in [5.74, 6) is 0. The number of halogens is 1. The molecule has 0 bridgehead atoms. The summed E-state index contributed by atoms with van der Waals surface area (Å²) in [5.41, 5.74) is 3.91. The van der Waals surface area contributed by atoms with Gasteiger partial charge < -0.3 is 19.7 Å². The van der Waals surface area contributed by atoms with E-state index < -0.39 is 17.8 Å². The van der Waals surface area contributed by atoms with Crippen LogP contribution in [0, 0.1) is 0 Å². The van der Waals surface area contributed by atoms with E-state index in [1.165, 1.54) is 0 Å². The number of cyclic esters (lactones) is 1. The van der Waals surface area contributed by atoms with Crippen molar-refractivity contribution in [2.45, 2.75) is 51.9 Å². The molecule has 1 fully saturated rings. The van der Waals surface area contributed by atoms with Crippen molar-refractivity contribution in [2.75, 3.05) is 23.3 Å². The van der Waals surface area contributed by atoms with Gasteiger partial charge in [-0.05, 0) is 57.4 Å². The minimum Gasteiger partial charge on any atom is -0.444 e. The Labute approximate surface area is 192 Å². The van der Waals surface area contributed by atoms with Gasteiger partial charge in [-0.15, -0.1) is 0 Å². The molecule has 2 aliphatic rings. The van der Waals surface area contributed by atoms with E-state index in [0.717, 1.165) is 47.5 Å². The fourth-order valence-electron chi connectivity index (χ4n) is 3.98. The van der Waals surface area contributed by atoms with Crippen molar-refractivity contribution in [3.63, 3.8) is 0 Å². The third-order valence-corrected chi connectivity index (χ3v) is 5.55. The van der Waals surface area contributed by atoms with Gasteiger partial charge in [0.05, 0.1) is 5.69 Å². The summed E-state index contributed by atoms with van der Waals surface area (Å²) in [7, 11) is 0. The Kier molecular flexibility index (Phi) is 6.15. The standard InChI is InChI=1S/C23H27ClN4O4/c1-23(2,3)32-22(30)26-16-5-4-8-28(12-16)19-10-20(24)25-11-17(19)14-6-7-18-15(9-14)13-31-21(29)27-18/h6-7,9-11,16H,4-5,8,12-13H2,1-3H3,(H,26,30)(H,27,29)/t16-/m0/s1. The monoisotopic (exact) mass is 458 g/mol. The highest BCUT2D eigenvalue weighted by Crippen LogP contribution is 2.36. The van der Waals surface area contributed by atoms with Gasteiger partial charge in [0.1, 0.15) is 17.4 Å². The van der Waals surface area contributed by atoms with E-state index in [1.807, 2.05) is 45.0 Å². The van der Waals surface area contributed by atoms with Crippen LogP contribution in [0.5, 0.6) is 0 Å². The molecule has 0 aliphatic carbocycles. The molecule has 1 aromatic carbocycles. The summed E-state index contributed by atoms with van der Waals surface area (Å²) in [6, 6.07) is 7.62. The van der Waals surface area contributed by atoms with Crippen LogP contribution in [0.3, 0.4) is 0 Å². The zero-order chi connectivity index (χ0) is 22.9. The van der Waals surface area contributed by atoms with E-state index in [1.54, 1.807) is 6.20 Å². The third kappa shape index (κ3) is 5.24. The second kappa shape index (κ2) is 8.86. The van der Waals surface area contributed by atoms with Gasteiger partial charge in [0, 0.05) is 42.1 Å². The van der Waals surface area contributed by atoms with Crippen LogP contribution < -0.4 is 15.5 Å². The lowest BCUT2D eigenvalue weighted by Gasteiger charge is -2.36. The Morgan fingerprint density at radius 2 is 2.16 bits per heavy atom. The predicted octanol–water partition coefficient (Wildman–Crippen LogP) is 4.96. The van der Waals surface area contributed by atoms with E-state index in [9.17, 15) is 9.59 Å². The molecule has 3 heterocycles. The first-order chi connectivity index (χ1) is 15.2. The third-order valence-electron chi connectivity index (χ3n) is 5.34. The first kappa shape index (κ1) is 22.2. The number of benzene rings is 1. The van der Waals surface area contributed by atoms with Gasteiger partial charge >= 0.3 is 12.2 Å². The maximum absolute atomic E-state index is 12.2. The number of nitrogens with zero attached hydrogens (tertiary/aromatic N) is 2. The first-order valence-corrected chi connectivity index (χ1v) is 11.0. The zero-order valence-corrected chi connectivity index (χ0v) is 19.2. The minimum absolute atomic E-state index is 0.0365. The van der Waals surface area contributed by atoms with Crippen LogP contribution in [0.1, 0.15) is 39.2 Å². The number of nitrogens with one attached hydrogen (secondary N) is 2. The van der Waals surface area contributed by atoms with Gasteiger partial charge in [0.25, 0.3) is 0 Å². The highest BCUT2D eigenvalue weighted by atomic mass is 35.5. The van der Waals surface area contributed by atoms with Crippen LogP contribution >= 0.6 is 11.6 Å². The molecule has 0 spiro atoms. The smallest absolute Gasteiger partial charge is 0.411 e. The van der Waals surface area contributed by atoms with Gasteiger partial charge in [0.2, 0.25) is 0 Å². The molecule has 0 saturated carbocycles. The zero-order valence-electron chi connectivity index (χ0n) is 18.4. The lowest BCUT2D eigenvalue weighted by atomic mass is 9.99. The van der Waals surface area contributed by atoms with Crippen LogP contribution in [0.4, 0.5) is 21.0 Å². The van der Waals surface area contributed by atoms with Crippen molar-refractivity contribution in [1.29, 1.82) is 0 Å². The second-order valence-corrected chi connectivity index (χ2v) is 9.42. The number of hydrogen-bond acceptors (Lipinski definition) is 6. The summed E-state index contributed by atoms with van der Waals surface area (Å²) < 4.78 is 10.5. The maximum atomic E-state index is 12.2. The van der Waals surface area contributed by atoms with Gasteiger partial charge in [-0.1, -0.05) is 17.7 Å². The molecule has 2 amide bonds. The molecule has 0 radical (unpaired) electrons. The Morgan fingerprint density at radius 3 is 2.94 bits per heavy atom. The molecule has 9 heteroatoms. The van der Waals surface area contributed by atoms with Crippen molar-refractivity contribution < 1.29 is 19.1 Å². The van der Waals surface area contributed by atoms with Crippen LogP contribution in [-0.4, -0.2) is 41.9 Å². The number of carbonyl (C=O) groups is 2. The molecule has 0 unspecified atom stereocenters. The van der Waals surface area contributed by atoms with Crippen LogP contribution in [-0.2, 0) is 16.1 Å². The molecule has 8 nitrogen and oxygen atoms in total. The quantitative estimate of drug-likeness (QED) is 0.631. The number of rotatable bonds is 3. The first-order valence-electron chi connectivity index (χ1n) is 10.6. The SMILES string of the molecule is CC(C)(C)OC(=O)N[C@H]1CCCN(c2cc(Cl)ncc2-c2ccc3c(c2)COC(=O)N3)C1. The molecule has 1 atom stereocenters. The molecule has 170 valence electrons. The van der Waals surface area contributed by atoms with Gasteiger partial charge in [-0.25, -0.2) is 14.6 Å². The molecule has 2 N–H and O–H groups in total. The number of fused-ring (bicyclic) bond motifs is 1. The Bertz CT molecular complexity index is 1040. The van der Waals surface area contributed by atoms with Gasteiger partial charge in [-0.2, -0.15) is 0 Å². The van der Waals surface area contributed by atoms with E-state index in [4.69, 9.17) is 21.1 Å². The van der Waals surface area contributed by atoms with Crippen molar-refractivity contribution >= 4 is 35.2 Å². The molecule has 1 aromatic heterocycles. The van der Waals surface area contributed by atoms with Crippen LogP contribution in [0.15, 0.2) is 30.5 Å². The normalized spacial score (nSPS) is 18.3. The Morgan fingerprint density at radius 1 is 1.34 bits per heavy atom. The number of hydrogen-bond donors (Lipinski definition) is 2. The lowest BCUT2D eigenvalue weighted by Crippen LogP contribution is -2.49. The molecule has 2 aromatic rings. The van der Waals surface area contributed by atoms with Gasteiger partial charge in [-0.3, -0.25) is 5.32 Å². The van der Waals surface area contributed by atoms with Crippen LogP contribution in [0.25, 0.3) is 11.1 Å². The van der Waals surface area contributed by atoms with Gasteiger partial charge in [0.15, 0.2) is 0 Å². The molecule has 32 heavy (non-hydrogen) atoms. The summed E-state index contributed by atoms with van der Waals surface area (Å²) in [6.07, 6.45) is 2.70. The number of alkyl carbamates (subject to hydrolysis) is 1. The molecular formula is C23H27ClN4O4. The van der Waals surface area contributed by atoms with E-state index in [2.05, 4.69) is 20.5 Å². The minimum atomic E-state index is -0.542. The molecule has 2 aliphatic heterocycles. The number of ether oxygens (including phenoxy) is 2. The maximum Gasteiger partial charge on any atom is 0.411 e. The van der Waals surface area contributed by atoms with E-state index in [0.29, 0.717) is 11.7 Å². The van der Waals surface area contributed by atoms with E-state index >= 15 is 0 Å². The molecule has 4 rings (SSSR count). The van der Waals surface area contributed by atoms with E-state index in [-0.39, 0.29) is 12.6 Å². The fraction of sp³-hybridized carbons (Fsp3) is 0.435. The summed E-state index contributed by atoms with van der Waals surface area (Å²) in [5, 5.41) is 6.09. The van der Waals surface area contributed by atoms with Crippen LogP contribution in [0.2, 0.25) is 5.15 Å². The number of aromatic nitrogens is 1. The number of piperidine rings is 1. The number of anilines is 2. The molecular weight excluding hydrogens is 432 g/mol. The van der Waals surface area contributed by atoms with Crippen molar-refractivity contribution in [3.8, 4) is 11.1 Å². The number of amides is 2. The number of pyridine rings is 1. The topological polar surface area (TPSA) is 92.8 Å².